The lowest BCUT2D eigenvalue weighted by Crippen LogP contribution is -2.00. The van der Waals surface area contributed by atoms with Crippen molar-refractivity contribution in [3.05, 3.63) is 65.1 Å². The van der Waals surface area contributed by atoms with Gasteiger partial charge in [-0.15, -0.1) is 0 Å². The predicted molar refractivity (Wildman–Crippen MR) is 97.5 cm³/mol. The predicted octanol–water partition coefficient (Wildman–Crippen LogP) is 5.79. The van der Waals surface area contributed by atoms with E-state index < -0.39 is 0 Å². The summed E-state index contributed by atoms with van der Waals surface area (Å²) in [5.41, 5.74) is 4.66. The summed E-state index contributed by atoms with van der Waals surface area (Å²) < 4.78 is 18.9. The van der Waals surface area contributed by atoms with Gasteiger partial charge in [-0.25, -0.2) is 4.39 Å². The first-order valence-corrected chi connectivity index (χ1v) is 8.43. The van der Waals surface area contributed by atoms with Gasteiger partial charge in [0.2, 0.25) is 0 Å². The fraction of sp³-hybridized carbons (Fsp3) is 0.333. The minimum absolute atomic E-state index is 0.225. The van der Waals surface area contributed by atoms with Crippen molar-refractivity contribution in [3.63, 3.8) is 0 Å². The molecule has 0 fully saturated rings. The Morgan fingerprint density at radius 3 is 2.42 bits per heavy atom. The Bertz CT molecular complexity index is 850. The Labute approximate surface area is 142 Å². The third-order valence-electron chi connectivity index (χ3n) is 4.64. The highest BCUT2D eigenvalue weighted by Gasteiger charge is 2.12. The van der Waals surface area contributed by atoms with Crippen LogP contribution in [0.4, 0.5) is 4.39 Å². The molecule has 24 heavy (non-hydrogen) atoms. The van der Waals surface area contributed by atoms with Gasteiger partial charge < -0.3 is 9.72 Å². The molecule has 3 aromatic rings. The molecule has 0 spiro atoms. The molecule has 1 atom stereocenters. The van der Waals surface area contributed by atoms with Gasteiger partial charge in [0.05, 0.1) is 7.11 Å². The number of methoxy groups -OCH3 is 1. The Morgan fingerprint density at radius 2 is 1.75 bits per heavy atom. The second-order valence-electron chi connectivity index (χ2n) is 6.80. The van der Waals surface area contributed by atoms with Gasteiger partial charge in [0.15, 0.2) is 11.6 Å². The summed E-state index contributed by atoms with van der Waals surface area (Å²) >= 11 is 0. The molecule has 0 bridgehead atoms. The van der Waals surface area contributed by atoms with E-state index >= 15 is 0 Å². The first kappa shape index (κ1) is 16.6. The molecule has 0 aliphatic rings. The molecule has 1 N–H and O–H groups in total. The number of hydrogen-bond donors (Lipinski definition) is 1. The van der Waals surface area contributed by atoms with Crippen molar-refractivity contribution in [2.75, 3.05) is 7.11 Å². The van der Waals surface area contributed by atoms with Gasteiger partial charge in [-0.3, -0.25) is 0 Å². The number of aromatic amines is 1. The molecule has 0 aliphatic heterocycles. The molecule has 126 valence electrons. The number of halogens is 1. The fourth-order valence-electron chi connectivity index (χ4n) is 3.12. The van der Waals surface area contributed by atoms with Crippen LogP contribution in [0, 0.1) is 5.82 Å². The fourth-order valence-corrected chi connectivity index (χ4v) is 3.12. The van der Waals surface area contributed by atoms with Crippen LogP contribution in [0.15, 0.2) is 42.5 Å². The molecule has 0 aliphatic carbocycles. The summed E-state index contributed by atoms with van der Waals surface area (Å²) in [6, 6.07) is 14.0. The van der Waals surface area contributed by atoms with E-state index in [-0.39, 0.29) is 17.5 Å². The van der Waals surface area contributed by atoms with E-state index in [1.54, 1.807) is 12.1 Å². The number of benzene rings is 2. The quantitative estimate of drug-likeness (QED) is 0.631. The summed E-state index contributed by atoms with van der Waals surface area (Å²) in [6.45, 7) is 6.52. The second kappa shape index (κ2) is 6.68. The highest BCUT2D eigenvalue weighted by Crippen LogP contribution is 2.27. The van der Waals surface area contributed by atoms with Crippen LogP contribution in [0.2, 0.25) is 0 Å². The Balaban J connectivity index is 1.82. The monoisotopic (exact) mass is 325 g/mol. The summed E-state index contributed by atoms with van der Waals surface area (Å²) in [4.78, 5) is 3.48. The lowest BCUT2D eigenvalue weighted by molar-refractivity contribution is 0.386. The number of aromatic nitrogens is 1. The third kappa shape index (κ3) is 3.30. The van der Waals surface area contributed by atoms with E-state index in [0.29, 0.717) is 5.92 Å². The van der Waals surface area contributed by atoms with Crippen molar-refractivity contribution in [2.45, 2.75) is 39.0 Å². The molecule has 0 saturated carbocycles. The summed E-state index contributed by atoms with van der Waals surface area (Å²) in [5, 5.41) is 1.24. The van der Waals surface area contributed by atoms with Crippen molar-refractivity contribution in [2.24, 2.45) is 0 Å². The van der Waals surface area contributed by atoms with Crippen LogP contribution in [0.5, 0.6) is 5.75 Å². The van der Waals surface area contributed by atoms with Crippen molar-refractivity contribution in [3.8, 4) is 5.75 Å². The maximum atomic E-state index is 13.9. The summed E-state index contributed by atoms with van der Waals surface area (Å²) in [5.74, 6) is 0.731. The van der Waals surface area contributed by atoms with Crippen LogP contribution in [-0.2, 0) is 6.42 Å². The van der Waals surface area contributed by atoms with Crippen LogP contribution in [0.25, 0.3) is 10.9 Å². The average molecular weight is 325 g/mol. The van der Waals surface area contributed by atoms with Crippen LogP contribution in [-0.4, -0.2) is 12.1 Å². The van der Waals surface area contributed by atoms with Gasteiger partial charge in [0.1, 0.15) is 0 Å². The molecule has 3 heteroatoms. The number of rotatable bonds is 5. The van der Waals surface area contributed by atoms with E-state index in [0.717, 1.165) is 17.5 Å². The minimum Gasteiger partial charge on any atom is -0.494 e. The normalized spacial score (nSPS) is 12.8. The standard InChI is InChI=1S/C21H24FNO/c1-13(2)15-5-7-20-17(10-15)11-18(23-20)9-14(3)16-6-8-21(24-4)19(22)12-16/h5-8,10-14,23H,9H2,1-4H3. The van der Waals surface area contributed by atoms with Crippen molar-refractivity contribution in [1.82, 2.24) is 4.98 Å². The summed E-state index contributed by atoms with van der Waals surface area (Å²) in [7, 11) is 1.48. The lowest BCUT2D eigenvalue weighted by Gasteiger charge is -2.12. The van der Waals surface area contributed by atoms with Crippen LogP contribution in [0.1, 0.15) is 49.4 Å². The van der Waals surface area contributed by atoms with E-state index in [1.807, 2.05) is 6.07 Å². The zero-order chi connectivity index (χ0) is 17.3. The molecule has 1 unspecified atom stereocenters. The number of hydrogen-bond acceptors (Lipinski definition) is 1. The number of H-pyrrole nitrogens is 1. The molecule has 0 amide bonds. The zero-order valence-corrected chi connectivity index (χ0v) is 14.7. The van der Waals surface area contributed by atoms with Gasteiger partial charge in [-0.1, -0.05) is 32.9 Å². The Hall–Kier alpha value is -2.29. The number of fused-ring (bicyclic) bond motifs is 1. The number of ether oxygens (including phenoxy) is 1. The Kier molecular flexibility index (Phi) is 4.61. The van der Waals surface area contributed by atoms with Crippen molar-refractivity contribution >= 4 is 10.9 Å². The van der Waals surface area contributed by atoms with Crippen LogP contribution in [0.3, 0.4) is 0 Å². The smallest absolute Gasteiger partial charge is 0.165 e. The lowest BCUT2D eigenvalue weighted by atomic mass is 9.96. The molecule has 3 rings (SSSR count). The Morgan fingerprint density at radius 1 is 1.00 bits per heavy atom. The van der Waals surface area contributed by atoms with E-state index in [2.05, 4.69) is 50.0 Å². The van der Waals surface area contributed by atoms with Gasteiger partial charge in [-0.2, -0.15) is 0 Å². The topological polar surface area (TPSA) is 25.0 Å². The van der Waals surface area contributed by atoms with Gasteiger partial charge in [0.25, 0.3) is 0 Å². The van der Waals surface area contributed by atoms with Gasteiger partial charge in [0, 0.05) is 11.2 Å². The number of nitrogens with one attached hydrogen (secondary N) is 1. The zero-order valence-electron chi connectivity index (χ0n) is 14.7. The maximum absolute atomic E-state index is 13.9. The van der Waals surface area contributed by atoms with Crippen molar-refractivity contribution < 1.29 is 9.13 Å². The first-order chi connectivity index (χ1) is 11.5. The van der Waals surface area contributed by atoms with Crippen LogP contribution < -0.4 is 4.74 Å². The molecule has 2 aromatic carbocycles. The van der Waals surface area contributed by atoms with E-state index in [1.165, 1.54) is 23.8 Å². The highest BCUT2D eigenvalue weighted by atomic mass is 19.1. The molecular formula is C21H24FNO. The SMILES string of the molecule is COc1ccc(C(C)Cc2cc3cc(C(C)C)ccc3[nH]2)cc1F. The van der Waals surface area contributed by atoms with E-state index in [4.69, 9.17) is 4.74 Å². The van der Waals surface area contributed by atoms with Gasteiger partial charge in [-0.05, 0) is 65.1 Å². The van der Waals surface area contributed by atoms with Gasteiger partial charge >= 0.3 is 0 Å². The molecule has 1 heterocycles. The second-order valence-corrected chi connectivity index (χ2v) is 6.80. The minimum atomic E-state index is -0.305. The third-order valence-corrected chi connectivity index (χ3v) is 4.64. The maximum Gasteiger partial charge on any atom is 0.165 e. The molecule has 1 aromatic heterocycles. The van der Waals surface area contributed by atoms with Crippen molar-refractivity contribution in [1.29, 1.82) is 0 Å². The van der Waals surface area contributed by atoms with Crippen LogP contribution >= 0.6 is 0 Å². The average Bonchev–Trinajstić information content (AvgIpc) is 2.95. The molecule has 0 saturated heterocycles. The van der Waals surface area contributed by atoms with E-state index in [9.17, 15) is 4.39 Å². The molecule has 2 nitrogen and oxygen atoms in total. The highest BCUT2D eigenvalue weighted by molar-refractivity contribution is 5.81. The molecule has 0 radical (unpaired) electrons. The largest absolute Gasteiger partial charge is 0.494 e. The first-order valence-electron chi connectivity index (χ1n) is 8.43. The molecular weight excluding hydrogens is 301 g/mol. The summed E-state index contributed by atoms with van der Waals surface area (Å²) in [6.07, 6.45) is 0.845.